The van der Waals surface area contributed by atoms with E-state index in [9.17, 15) is 0 Å². The van der Waals surface area contributed by atoms with Crippen molar-refractivity contribution in [2.45, 2.75) is 45.7 Å². The molecule has 0 saturated heterocycles. The van der Waals surface area contributed by atoms with E-state index in [0.717, 1.165) is 18.0 Å². The minimum Gasteiger partial charge on any atom is -0.360 e. The standard InChI is InChI=1S/C10H20N2S/c1-5-8(4)11-10(13)12-9(6-2)7-3/h5,8-9H,1,6-7H2,2-4H3,(H2,11,12,13). The molecule has 0 radical (unpaired) electrons. The lowest BCUT2D eigenvalue weighted by Crippen LogP contribution is -2.44. The normalized spacial score (nSPS) is 12.3. The quantitative estimate of drug-likeness (QED) is 0.525. The van der Waals surface area contributed by atoms with Gasteiger partial charge in [-0.15, -0.1) is 6.58 Å². The smallest absolute Gasteiger partial charge is 0.166 e. The fourth-order valence-electron chi connectivity index (χ4n) is 0.986. The first-order valence-corrected chi connectivity index (χ1v) is 5.24. The van der Waals surface area contributed by atoms with E-state index in [1.807, 2.05) is 13.0 Å². The zero-order chi connectivity index (χ0) is 10.3. The van der Waals surface area contributed by atoms with Gasteiger partial charge in [0.1, 0.15) is 0 Å². The van der Waals surface area contributed by atoms with E-state index in [2.05, 4.69) is 31.1 Å². The number of hydrogen-bond acceptors (Lipinski definition) is 1. The third kappa shape index (κ3) is 5.64. The van der Waals surface area contributed by atoms with Gasteiger partial charge in [0.05, 0.1) is 0 Å². The molecule has 0 aliphatic carbocycles. The molecule has 2 nitrogen and oxygen atoms in total. The predicted molar refractivity (Wildman–Crippen MR) is 62.9 cm³/mol. The number of nitrogens with one attached hydrogen (secondary N) is 2. The highest BCUT2D eigenvalue weighted by Gasteiger charge is 2.05. The monoisotopic (exact) mass is 200 g/mol. The van der Waals surface area contributed by atoms with Gasteiger partial charge in [-0.3, -0.25) is 0 Å². The Hall–Kier alpha value is -0.570. The number of rotatable bonds is 5. The fraction of sp³-hybridized carbons (Fsp3) is 0.700. The zero-order valence-corrected chi connectivity index (χ0v) is 9.58. The van der Waals surface area contributed by atoms with Crippen LogP contribution in [-0.2, 0) is 0 Å². The zero-order valence-electron chi connectivity index (χ0n) is 8.76. The maximum atomic E-state index is 5.14. The third-order valence-electron chi connectivity index (χ3n) is 2.03. The molecule has 0 saturated carbocycles. The van der Waals surface area contributed by atoms with Gasteiger partial charge in [0.2, 0.25) is 0 Å². The molecule has 0 aromatic carbocycles. The van der Waals surface area contributed by atoms with Gasteiger partial charge in [-0.2, -0.15) is 0 Å². The summed E-state index contributed by atoms with van der Waals surface area (Å²) in [5.74, 6) is 0. The van der Waals surface area contributed by atoms with Gasteiger partial charge >= 0.3 is 0 Å². The van der Waals surface area contributed by atoms with E-state index in [1.54, 1.807) is 0 Å². The first-order chi connectivity index (χ1) is 6.13. The van der Waals surface area contributed by atoms with Crippen LogP contribution in [0.4, 0.5) is 0 Å². The second-order valence-corrected chi connectivity index (χ2v) is 3.56. The van der Waals surface area contributed by atoms with Crippen LogP contribution < -0.4 is 10.6 Å². The lowest BCUT2D eigenvalue weighted by Gasteiger charge is -2.19. The Kier molecular flexibility index (Phi) is 6.59. The Bertz CT molecular complexity index is 164. The lowest BCUT2D eigenvalue weighted by atomic mass is 10.2. The minimum absolute atomic E-state index is 0.231. The topological polar surface area (TPSA) is 24.1 Å². The molecule has 0 aromatic heterocycles. The Morgan fingerprint density at radius 2 is 1.92 bits per heavy atom. The summed E-state index contributed by atoms with van der Waals surface area (Å²) in [7, 11) is 0. The Morgan fingerprint density at radius 1 is 1.38 bits per heavy atom. The largest absolute Gasteiger partial charge is 0.360 e. The van der Waals surface area contributed by atoms with Gasteiger partial charge in [0, 0.05) is 12.1 Å². The van der Waals surface area contributed by atoms with Gasteiger partial charge in [-0.25, -0.2) is 0 Å². The molecule has 0 spiro atoms. The highest BCUT2D eigenvalue weighted by molar-refractivity contribution is 7.80. The van der Waals surface area contributed by atoms with Gasteiger partial charge in [-0.05, 0) is 32.0 Å². The first kappa shape index (κ1) is 12.4. The van der Waals surface area contributed by atoms with Crippen LogP contribution >= 0.6 is 12.2 Å². The summed E-state index contributed by atoms with van der Waals surface area (Å²) in [6, 6.07) is 0.714. The van der Waals surface area contributed by atoms with E-state index in [0.29, 0.717) is 6.04 Å². The summed E-state index contributed by atoms with van der Waals surface area (Å²) < 4.78 is 0. The Balaban J connectivity index is 3.78. The van der Waals surface area contributed by atoms with Crippen LogP contribution in [0.3, 0.4) is 0 Å². The van der Waals surface area contributed by atoms with E-state index in [1.165, 1.54) is 0 Å². The molecule has 0 rings (SSSR count). The van der Waals surface area contributed by atoms with Crippen LogP contribution in [0.5, 0.6) is 0 Å². The van der Waals surface area contributed by atoms with Gasteiger partial charge < -0.3 is 10.6 Å². The van der Waals surface area contributed by atoms with E-state index in [-0.39, 0.29) is 6.04 Å². The van der Waals surface area contributed by atoms with Crippen molar-refractivity contribution in [2.24, 2.45) is 0 Å². The molecule has 0 aliphatic rings. The highest BCUT2D eigenvalue weighted by Crippen LogP contribution is 1.95. The van der Waals surface area contributed by atoms with Crippen molar-refractivity contribution >= 4 is 17.3 Å². The number of hydrogen-bond donors (Lipinski definition) is 2. The Morgan fingerprint density at radius 3 is 2.31 bits per heavy atom. The molecule has 2 N–H and O–H groups in total. The summed E-state index contributed by atoms with van der Waals surface area (Å²) in [4.78, 5) is 0. The van der Waals surface area contributed by atoms with Crippen LogP contribution in [0.2, 0.25) is 0 Å². The molecule has 76 valence electrons. The highest BCUT2D eigenvalue weighted by atomic mass is 32.1. The van der Waals surface area contributed by atoms with Crippen molar-refractivity contribution < 1.29 is 0 Å². The van der Waals surface area contributed by atoms with Crippen molar-refractivity contribution in [3.05, 3.63) is 12.7 Å². The summed E-state index contributed by atoms with van der Waals surface area (Å²) in [6.45, 7) is 10.0. The second-order valence-electron chi connectivity index (χ2n) is 3.16. The molecular formula is C10H20N2S. The summed E-state index contributed by atoms with van der Waals surface area (Å²) in [6.07, 6.45) is 4.03. The van der Waals surface area contributed by atoms with E-state index in [4.69, 9.17) is 12.2 Å². The van der Waals surface area contributed by atoms with Gasteiger partial charge in [0.15, 0.2) is 5.11 Å². The van der Waals surface area contributed by atoms with Crippen molar-refractivity contribution in [1.82, 2.24) is 10.6 Å². The fourth-order valence-corrected chi connectivity index (χ4v) is 1.34. The van der Waals surface area contributed by atoms with Crippen LogP contribution in [0.1, 0.15) is 33.6 Å². The first-order valence-electron chi connectivity index (χ1n) is 4.83. The third-order valence-corrected chi connectivity index (χ3v) is 2.27. The van der Waals surface area contributed by atoms with Crippen LogP contribution in [0.15, 0.2) is 12.7 Å². The predicted octanol–water partition coefficient (Wildman–Crippen LogP) is 2.21. The average molecular weight is 200 g/mol. The molecule has 1 atom stereocenters. The van der Waals surface area contributed by atoms with Crippen LogP contribution in [0, 0.1) is 0 Å². The molecule has 13 heavy (non-hydrogen) atoms. The molecule has 0 aromatic rings. The minimum atomic E-state index is 0.231. The maximum absolute atomic E-state index is 5.14. The van der Waals surface area contributed by atoms with E-state index >= 15 is 0 Å². The van der Waals surface area contributed by atoms with Crippen molar-refractivity contribution in [3.63, 3.8) is 0 Å². The van der Waals surface area contributed by atoms with Gasteiger partial charge in [-0.1, -0.05) is 19.9 Å². The van der Waals surface area contributed by atoms with Crippen molar-refractivity contribution in [3.8, 4) is 0 Å². The lowest BCUT2D eigenvalue weighted by molar-refractivity contribution is 0.561. The molecule has 0 amide bonds. The van der Waals surface area contributed by atoms with Gasteiger partial charge in [0.25, 0.3) is 0 Å². The molecule has 0 aliphatic heterocycles. The molecular weight excluding hydrogens is 180 g/mol. The van der Waals surface area contributed by atoms with Crippen molar-refractivity contribution in [1.29, 1.82) is 0 Å². The summed E-state index contributed by atoms with van der Waals surface area (Å²) in [5.41, 5.74) is 0. The van der Waals surface area contributed by atoms with Crippen LogP contribution in [-0.4, -0.2) is 17.2 Å². The number of thiocarbonyl (C=S) groups is 1. The summed E-state index contributed by atoms with van der Waals surface area (Å²) in [5, 5.41) is 7.11. The molecule has 0 bridgehead atoms. The maximum Gasteiger partial charge on any atom is 0.166 e. The van der Waals surface area contributed by atoms with Crippen LogP contribution in [0.25, 0.3) is 0 Å². The van der Waals surface area contributed by atoms with E-state index < -0.39 is 0 Å². The summed E-state index contributed by atoms with van der Waals surface area (Å²) >= 11 is 5.14. The molecule has 0 heterocycles. The molecule has 0 fully saturated rings. The molecule has 3 heteroatoms. The second kappa shape index (κ2) is 6.89. The average Bonchev–Trinajstić information content (AvgIpc) is 2.13. The van der Waals surface area contributed by atoms with Crippen molar-refractivity contribution in [2.75, 3.05) is 0 Å². The molecule has 1 unspecified atom stereocenters. The SMILES string of the molecule is C=CC(C)NC(=S)NC(CC)CC. The Labute approximate surface area is 86.8 Å².